The maximum absolute atomic E-state index is 5.82. The molecule has 0 bridgehead atoms. The molecule has 1 rings (SSSR count). The first-order valence-electron chi connectivity index (χ1n) is 3.39. The summed E-state index contributed by atoms with van der Waals surface area (Å²) in [6.07, 6.45) is 0. The van der Waals surface area contributed by atoms with Crippen LogP contribution in [0.1, 0.15) is 0 Å². The van der Waals surface area contributed by atoms with Crippen molar-refractivity contribution in [3.05, 3.63) is 42.6 Å². The molecule has 0 unspecified atom stereocenters. The van der Waals surface area contributed by atoms with E-state index >= 15 is 0 Å². The Labute approximate surface area is 82.1 Å². The first kappa shape index (κ1) is 9.64. The van der Waals surface area contributed by atoms with Gasteiger partial charge in [-0.1, -0.05) is 40.4 Å². The van der Waals surface area contributed by atoms with Gasteiger partial charge in [0, 0.05) is 0 Å². The molecule has 1 nitrogen and oxygen atoms in total. The van der Waals surface area contributed by atoms with Crippen LogP contribution in [0.3, 0.4) is 0 Å². The molecular weight excluding hydrogens is 211 g/mol. The summed E-state index contributed by atoms with van der Waals surface area (Å²) in [5, 5.41) is 0. The van der Waals surface area contributed by atoms with Gasteiger partial charge in [0.15, 0.2) is 0 Å². The quantitative estimate of drug-likeness (QED) is 0.560. The summed E-state index contributed by atoms with van der Waals surface area (Å²) in [7, 11) is 0. The Hall–Kier alpha value is -0.443. The molecule has 0 aliphatic rings. The van der Waals surface area contributed by atoms with Crippen molar-refractivity contribution in [1.29, 1.82) is 0 Å². The zero-order valence-corrected chi connectivity index (χ0v) is 8.85. The molecule has 0 N–H and O–H groups in total. The van der Waals surface area contributed by atoms with E-state index in [-0.39, 0.29) is 0 Å². The number of halogens is 2. The number of benzene rings is 1. The predicted molar refractivity (Wildman–Crippen MR) is 54.7 cm³/mol. The van der Waals surface area contributed by atoms with Gasteiger partial charge >= 0.3 is 6.94 Å². The fourth-order valence-corrected chi connectivity index (χ4v) is 1.76. The summed E-state index contributed by atoms with van der Waals surface area (Å²) in [5.74, 6) is 0.675. The van der Waals surface area contributed by atoms with E-state index in [1.807, 2.05) is 18.2 Å². The van der Waals surface area contributed by atoms with Crippen LogP contribution in [0.5, 0.6) is 5.75 Å². The molecule has 1 aromatic carbocycles. The molecule has 0 spiro atoms. The van der Waals surface area contributed by atoms with Gasteiger partial charge in [-0.3, -0.25) is 0 Å². The third kappa shape index (κ3) is 2.89. The summed E-state index contributed by atoms with van der Waals surface area (Å²) in [6, 6.07) is 9.21. The van der Waals surface area contributed by atoms with Gasteiger partial charge in [-0.2, -0.15) is 0 Å². The van der Waals surface area contributed by atoms with E-state index in [0.29, 0.717) is 5.75 Å². The van der Waals surface area contributed by atoms with E-state index in [0.717, 1.165) is 0 Å². The van der Waals surface area contributed by atoms with Crippen molar-refractivity contribution >= 4 is 29.1 Å². The molecule has 0 fully saturated rings. The molecule has 0 atom stereocenters. The summed E-state index contributed by atoms with van der Waals surface area (Å²) < 4.78 is 5.30. The number of rotatable bonds is 3. The van der Waals surface area contributed by atoms with E-state index in [1.54, 1.807) is 12.1 Å². The summed E-state index contributed by atoms with van der Waals surface area (Å²) >= 11 is 11.6. The largest absolute Gasteiger partial charge is 0.516 e. The third-order valence-electron chi connectivity index (χ3n) is 1.23. The van der Waals surface area contributed by atoms with Crippen LogP contribution in [0, 0.1) is 0 Å². The third-order valence-corrected chi connectivity index (χ3v) is 3.61. The Balaban J connectivity index is 2.70. The second kappa shape index (κ2) is 3.98. The molecule has 0 saturated heterocycles. The van der Waals surface area contributed by atoms with Gasteiger partial charge in [-0.15, -0.1) is 6.58 Å². The van der Waals surface area contributed by atoms with Gasteiger partial charge in [-0.05, 0) is 17.8 Å². The molecule has 0 aliphatic heterocycles. The van der Waals surface area contributed by atoms with Crippen LogP contribution in [0.4, 0.5) is 0 Å². The molecule has 0 amide bonds. The monoisotopic (exact) mass is 218 g/mol. The van der Waals surface area contributed by atoms with Gasteiger partial charge in [0.1, 0.15) is 5.75 Å². The Kier molecular flexibility index (Phi) is 3.20. The summed E-state index contributed by atoms with van der Waals surface area (Å²) in [5.41, 5.74) is 1.46. The lowest BCUT2D eigenvalue weighted by atomic mass is 10.3. The topological polar surface area (TPSA) is 9.23 Å². The predicted octanol–water partition coefficient (Wildman–Crippen LogP) is 3.21. The van der Waals surface area contributed by atoms with Crippen molar-refractivity contribution in [1.82, 2.24) is 0 Å². The molecule has 4 heteroatoms. The van der Waals surface area contributed by atoms with Crippen molar-refractivity contribution in [3.63, 3.8) is 0 Å². The van der Waals surface area contributed by atoms with Crippen LogP contribution in [-0.4, -0.2) is 6.94 Å². The maximum atomic E-state index is 5.82. The normalized spacial score (nSPS) is 10.8. The Morgan fingerprint density at radius 1 is 1.25 bits per heavy atom. The van der Waals surface area contributed by atoms with Gasteiger partial charge in [0.2, 0.25) is 0 Å². The van der Waals surface area contributed by atoms with E-state index in [9.17, 15) is 0 Å². The second-order valence-corrected chi connectivity index (χ2v) is 7.87. The van der Waals surface area contributed by atoms with Crippen molar-refractivity contribution in [3.8, 4) is 5.75 Å². The van der Waals surface area contributed by atoms with Crippen molar-refractivity contribution in [2.45, 2.75) is 0 Å². The van der Waals surface area contributed by atoms with Crippen molar-refractivity contribution in [2.24, 2.45) is 0 Å². The standard InChI is InChI=1S/C8H8Cl2OSi/c1-2-12(9,10)11-8-6-4-3-5-7-8/h2-7H,1H2. The van der Waals surface area contributed by atoms with E-state index in [4.69, 9.17) is 26.6 Å². The fourth-order valence-electron chi connectivity index (χ4n) is 0.687. The molecule has 1 aromatic rings. The molecule has 12 heavy (non-hydrogen) atoms. The van der Waals surface area contributed by atoms with Gasteiger partial charge in [-0.25, -0.2) is 0 Å². The molecule has 0 saturated carbocycles. The molecule has 0 heterocycles. The van der Waals surface area contributed by atoms with Crippen molar-refractivity contribution in [2.75, 3.05) is 0 Å². The van der Waals surface area contributed by atoms with Crippen LogP contribution in [0.25, 0.3) is 0 Å². The van der Waals surface area contributed by atoms with Crippen molar-refractivity contribution < 1.29 is 4.43 Å². The molecular formula is C8H8Cl2OSi. The molecule has 64 valence electrons. The minimum absolute atomic E-state index is 0.675. The van der Waals surface area contributed by atoms with Crippen LogP contribution >= 0.6 is 22.2 Å². The lowest BCUT2D eigenvalue weighted by Crippen LogP contribution is -2.25. The van der Waals surface area contributed by atoms with E-state index in [2.05, 4.69) is 6.58 Å². The smallest absolute Gasteiger partial charge is 0.476 e. The summed E-state index contributed by atoms with van der Waals surface area (Å²) in [4.78, 5) is 0. The molecule has 0 radical (unpaired) electrons. The van der Waals surface area contributed by atoms with Gasteiger partial charge < -0.3 is 4.43 Å². The number of hydrogen-bond acceptors (Lipinski definition) is 1. The van der Waals surface area contributed by atoms with Crippen LogP contribution in [0.2, 0.25) is 0 Å². The first-order valence-corrected chi connectivity index (χ1v) is 7.40. The Morgan fingerprint density at radius 2 is 1.83 bits per heavy atom. The Morgan fingerprint density at radius 3 is 2.33 bits per heavy atom. The first-order chi connectivity index (χ1) is 5.64. The highest BCUT2D eigenvalue weighted by Gasteiger charge is 2.28. The highest BCUT2D eigenvalue weighted by atomic mass is 35.7. The number of hydrogen-bond donors (Lipinski definition) is 0. The minimum Gasteiger partial charge on any atom is -0.516 e. The lowest BCUT2D eigenvalue weighted by Gasteiger charge is -2.13. The van der Waals surface area contributed by atoms with Crippen LogP contribution < -0.4 is 4.43 Å². The fraction of sp³-hybridized carbons (Fsp3) is 0. The van der Waals surface area contributed by atoms with Crippen LogP contribution in [-0.2, 0) is 0 Å². The van der Waals surface area contributed by atoms with Gasteiger partial charge in [0.05, 0.1) is 0 Å². The number of para-hydroxylation sites is 1. The average molecular weight is 219 g/mol. The highest BCUT2D eigenvalue weighted by molar-refractivity contribution is 7.44. The molecule has 0 aromatic heterocycles. The zero-order chi connectivity index (χ0) is 9.03. The van der Waals surface area contributed by atoms with E-state index in [1.165, 1.54) is 5.70 Å². The zero-order valence-electron chi connectivity index (χ0n) is 6.34. The maximum Gasteiger partial charge on any atom is 0.476 e. The van der Waals surface area contributed by atoms with Crippen LogP contribution in [0.15, 0.2) is 42.6 Å². The van der Waals surface area contributed by atoms with E-state index < -0.39 is 6.94 Å². The van der Waals surface area contributed by atoms with Gasteiger partial charge in [0.25, 0.3) is 0 Å². The Bertz CT molecular complexity index is 261. The average Bonchev–Trinajstić information content (AvgIpc) is 2.06. The lowest BCUT2D eigenvalue weighted by molar-refractivity contribution is 0.589. The second-order valence-electron chi connectivity index (χ2n) is 2.18. The SMILES string of the molecule is C=C[Si](Cl)(Cl)Oc1ccccc1. The molecule has 0 aliphatic carbocycles. The highest BCUT2D eigenvalue weighted by Crippen LogP contribution is 2.21. The summed E-state index contributed by atoms with van der Waals surface area (Å²) in [6.45, 7) is 0.792. The minimum atomic E-state index is -2.71.